The summed E-state index contributed by atoms with van der Waals surface area (Å²) < 4.78 is 29.5. The number of hydrogen-bond donors (Lipinski definition) is 1. The molecule has 0 aliphatic rings. The van der Waals surface area contributed by atoms with E-state index in [2.05, 4.69) is 4.98 Å². The lowest BCUT2D eigenvalue weighted by Gasteiger charge is -2.12. The molecule has 0 spiro atoms. The van der Waals surface area contributed by atoms with E-state index in [4.69, 9.17) is 5.73 Å². The van der Waals surface area contributed by atoms with Crippen LogP contribution in [-0.2, 0) is 0 Å². The van der Waals surface area contributed by atoms with E-state index in [9.17, 15) is 8.78 Å². The van der Waals surface area contributed by atoms with E-state index in [0.717, 1.165) is 0 Å². The van der Waals surface area contributed by atoms with Gasteiger partial charge in [-0.15, -0.1) is 0 Å². The van der Waals surface area contributed by atoms with Crippen LogP contribution in [0.15, 0.2) is 42.6 Å². The average molecular weight is 273 g/mol. The summed E-state index contributed by atoms with van der Waals surface area (Å²) in [5.41, 5.74) is 7.11. The molecule has 20 heavy (non-hydrogen) atoms. The lowest BCUT2D eigenvalue weighted by Crippen LogP contribution is -2.13. The first kappa shape index (κ1) is 12.7. The van der Waals surface area contributed by atoms with Crippen LogP contribution in [0.25, 0.3) is 16.7 Å². The Morgan fingerprint density at radius 2 is 2.00 bits per heavy atom. The summed E-state index contributed by atoms with van der Waals surface area (Å²) in [6, 6.07) is 8.70. The van der Waals surface area contributed by atoms with Gasteiger partial charge in [0, 0.05) is 12.2 Å². The largest absolute Gasteiger partial charge is 0.323 e. The Morgan fingerprint density at radius 1 is 1.20 bits per heavy atom. The molecule has 2 N–H and O–H groups in total. The molecule has 0 aliphatic carbocycles. The number of aromatic nitrogens is 2. The number of benzene rings is 1. The molecule has 0 radical (unpaired) electrons. The monoisotopic (exact) mass is 273 g/mol. The number of nitrogens with zero attached hydrogens (tertiary/aromatic N) is 2. The highest BCUT2D eigenvalue weighted by atomic mass is 19.1. The molecule has 0 amide bonds. The molecule has 3 rings (SSSR count). The lowest BCUT2D eigenvalue weighted by molar-refractivity contribution is 0.589. The molecule has 2 aromatic heterocycles. The van der Waals surface area contributed by atoms with E-state index < -0.39 is 17.7 Å². The molecule has 0 saturated heterocycles. The molecule has 0 aliphatic heterocycles. The Bertz CT molecular complexity index is 778. The van der Waals surface area contributed by atoms with Gasteiger partial charge in [-0.05, 0) is 37.3 Å². The second-order valence-electron chi connectivity index (χ2n) is 4.68. The van der Waals surface area contributed by atoms with Gasteiger partial charge in [0.1, 0.15) is 11.5 Å². The Hall–Kier alpha value is -2.27. The van der Waals surface area contributed by atoms with Crippen molar-refractivity contribution < 1.29 is 8.78 Å². The first-order chi connectivity index (χ1) is 9.59. The van der Waals surface area contributed by atoms with Gasteiger partial charge in [0.2, 0.25) is 0 Å². The molecule has 0 bridgehead atoms. The molecule has 1 unspecified atom stereocenters. The fourth-order valence-electron chi connectivity index (χ4n) is 2.38. The first-order valence-electron chi connectivity index (χ1n) is 6.26. The molecular weight excluding hydrogens is 260 g/mol. The highest BCUT2D eigenvalue weighted by Gasteiger charge is 2.21. The number of pyridine rings is 1. The quantitative estimate of drug-likeness (QED) is 0.778. The molecule has 5 heteroatoms. The number of halogens is 2. The van der Waals surface area contributed by atoms with Gasteiger partial charge in [0.25, 0.3) is 0 Å². The van der Waals surface area contributed by atoms with Crippen LogP contribution < -0.4 is 5.73 Å². The van der Waals surface area contributed by atoms with Crippen LogP contribution in [0, 0.1) is 11.6 Å². The summed E-state index contributed by atoms with van der Waals surface area (Å²) in [7, 11) is 0. The topological polar surface area (TPSA) is 43.8 Å². The molecular formula is C15H13F2N3. The van der Waals surface area contributed by atoms with Crippen LogP contribution in [0.1, 0.15) is 18.7 Å². The van der Waals surface area contributed by atoms with E-state index >= 15 is 0 Å². The number of hydrogen-bond acceptors (Lipinski definition) is 2. The predicted octanol–water partition coefficient (Wildman–Crippen LogP) is 3.32. The van der Waals surface area contributed by atoms with Gasteiger partial charge in [-0.1, -0.05) is 6.07 Å². The maximum atomic E-state index is 14.5. The normalized spacial score (nSPS) is 12.8. The summed E-state index contributed by atoms with van der Waals surface area (Å²) in [6.45, 7) is 1.69. The molecule has 1 atom stereocenters. The van der Waals surface area contributed by atoms with Crippen molar-refractivity contribution in [3.05, 3.63) is 59.9 Å². The number of fused-ring (bicyclic) bond motifs is 1. The number of rotatable bonds is 2. The maximum Gasteiger partial charge on any atom is 0.155 e. The second kappa shape index (κ2) is 4.68. The predicted molar refractivity (Wildman–Crippen MR) is 73.6 cm³/mol. The van der Waals surface area contributed by atoms with Crippen molar-refractivity contribution >= 4 is 11.0 Å². The molecule has 3 aromatic rings. The SMILES string of the molecule is CC(N)c1c(F)c2cccnc2n1-c1cccc(F)c1. The molecule has 102 valence electrons. The van der Waals surface area contributed by atoms with Crippen molar-refractivity contribution in [1.29, 1.82) is 0 Å². The van der Waals surface area contributed by atoms with Gasteiger partial charge in [0.15, 0.2) is 5.82 Å². The van der Waals surface area contributed by atoms with Crippen molar-refractivity contribution in [3.63, 3.8) is 0 Å². The summed E-state index contributed by atoms with van der Waals surface area (Å²) in [4.78, 5) is 4.20. The lowest BCUT2D eigenvalue weighted by atomic mass is 10.2. The van der Waals surface area contributed by atoms with E-state index in [1.165, 1.54) is 12.1 Å². The molecule has 1 aromatic carbocycles. The van der Waals surface area contributed by atoms with E-state index in [1.54, 1.807) is 42.0 Å². The third kappa shape index (κ3) is 1.87. The van der Waals surface area contributed by atoms with Gasteiger partial charge >= 0.3 is 0 Å². The third-order valence-corrected chi connectivity index (χ3v) is 3.20. The van der Waals surface area contributed by atoms with Crippen molar-refractivity contribution in [1.82, 2.24) is 9.55 Å². The van der Waals surface area contributed by atoms with Crippen LogP contribution in [-0.4, -0.2) is 9.55 Å². The van der Waals surface area contributed by atoms with Gasteiger partial charge in [-0.2, -0.15) is 0 Å². The smallest absolute Gasteiger partial charge is 0.155 e. The minimum Gasteiger partial charge on any atom is -0.323 e. The maximum absolute atomic E-state index is 14.5. The average Bonchev–Trinajstić information content (AvgIpc) is 2.73. The third-order valence-electron chi connectivity index (χ3n) is 3.20. The molecule has 0 saturated carbocycles. The van der Waals surface area contributed by atoms with Crippen LogP contribution in [0.4, 0.5) is 8.78 Å². The summed E-state index contributed by atoms with van der Waals surface area (Å²) in [6.07, 6.45) is 1.57. The Labute approximate surface area is 114 Å². The molecule has 3 nitrogen and oxygen atoms in total. The van der Waals surface area contributed by atoms with E-state index in [-0.39, 0.29) is 0 Å². The van der Waals surface area contributed by atoms with Crippen LogP contribution in [0.5, 0.6) is 0 Å². The zero-order valence-electron chi connectivity index (χ0n) is 10.8. The summed E-state index contributed by atoms with van der Waals surface area (Å²) >= 11 is 0. The fraction of sp³-hybridized carbons (Fsp3) is 0.133. The summed E-state index contributed by atoms with van der Waals surface area (Å²) in [5, 5.41) is 0.379. The van der Waals surface area contributed by atoms with Crippen molar-refractivity contribution in [3.8, 4) is 5.69 Å². The first-order valence-corrected chi connectivity index (χ1v) is 6.26. The van der Waals surface area contributed by atoms with Crippen molar-refractivity contribution in [2.45, 2.75) is 13.0 Å². The van der Waals surface area contributed by atoms with Gasteiger partial charge in [0.05, 0.1) is 16.8 Å². The standard InChI is InChI=1S/C15H13F2N3/c1-9(18)14-13(17)12-6-3-7-19-15(12)20(14)11-5-2-4-10(16)8-11/h2-9H,18H2,1H3. The van der Waals surface area contributed by atoms with Crippen molar-refractivity contribution in [2.75, 3.05) is 0 Å². The second-order valence-corrected chi connectivity index (χ2v) is 4.68. The highest BCUT2D eigenvalue weighted by Crippen LogP contribution is 2.30. The van der Waals surface area contributed by atoms with E-state index in [1.807, 2.05) is 0 Å². The van der Waals surface area contributed by atoms with Crippen LogP contribution >= 0.6 is 0 Å². The van der Waals surface area contributed by atoms with Crippen molar-refractivity contribution in [2.24, 2.45) is 5.73 Å². The van der Waals surface area contributed by atoms with Gasteiger partial charge in [-0.25, -0.2) is 13.8 Å². The zero-order chi connectivity index (χ0) is 14.3. The van der Waals surface area contributed by atoms with Gasteiger partial charge < -0.3 is 5.73 Å². The number of nitrogens with two attached hydrogens (primary N) is 1. The zero-order valence-corrected chi connectivity index (χ0v) is 10.8. The molecule has 0 fully saturated rings. The van der Waals surface area contributed by atoms with Gasteiger partial charge in [-0.3, -0.25) is 4.57 Å². The fourth-order valence-corrected chi connectivity index (χ4v) is 2.38. The highest BCUT2D eigenvalue weighted by molar-refractivity contribution is 5.80. The minimum atomic E-state index is -0.535. The van der Waals surface area contributed by atoms with E-state index in [0.29, 0.717) is 22.4 Å². The molecule has 2 heterocycles. The summed E-state index contributed by atoms with van der Waals surface area (Å²) in [5.74, 6) is -0.802. The Morgan fingerprint density at radius 3 is 2.70 bits per heavy atom. The Kier molecular flexibility index (Phi) is 2.99. The van der Waals surface area contributed by atoms with Crippen LogP contribution in [0.2, 0.25) is 0 Å². The minimum absolute atomic E-state index is 0.296. The Balaban J connectivity index is 2.41. The van der Waals surface area contributed by atoms with Crippen LogP contribution in [0.3, 0.4) is 0 Å².